The van der Waals surface area contributed by atoms with Crippen molar-refractivity contribution in [1.82, 2.24) is 0 Å². The number of rotatable bonds is 5. The minimum Gasteiger partial charge on any atom is -0.0732 e. The van der Waals surface area contributed by atoms with E-state index in [1.165, 1.54) is 17.6 Å². The van der Waals surface area contributed by atoms with Crippen molar-refractivity contribution in [2.75, 3.05) is 0 Å². The summed E-state index contributed by atoms with van der Waals surface area (Å²) in [7, 11) is 0. The van der Waals surface area contributed by atoms with E-state index >= 15 is 0 Å². The Labute approximate surface area is 109 Å². The molecule has 17 heavy (non-hydrogen) atoms. The van der Waals surface area contributed by atoms with Crippen LogP contribution in [-0.2, 0) is 0 Å². The van der Waals surface area contributed by atoms with E-state index in [1.807, 2.05) is 0 Å². The standard InChI is InChI=1S/C17H32/c1-10-13(6)16(9)17(14(7)11(2)3)15(8)12(4)5/h11,13-14H,10H2,1-9H3. The van der Waals surface area contributed by atoms with E-state index in [4.69, 9.17) is 0 Å². The number of allylic oxidation sites excluding steroid dienone is 4. The minimum absolute atomic E-state index is 0.652. The predicted octanol–water partition coefficient (Wildman–Crippen LogP) is 6.00. The molecule has 0 aliphatic rings. The summed E-state index contributed by atoms with van der Waals surface area (Å²) < 4.78 is 0. The van der Waals surface area contributed by atoms with Gasteiger partial charge in [-0.05, 0) is 63.0 Å². The smallest absolute Gasteiger partial charge is 0.0165 e. The molecule has 0 radical (unpaired) electrons. The minimum atomic E-state index is 0.652. The van der Waals surface area contributed by atoms with Crippen LogP contribution in [0.1, 0.15) is 68.7 Å². The highest BCUT2D eigenvalue weighted by molar-refractivity contribution is 5.38. The Hall–Kier alpha value is -0.520. The molecule has 2 unspecified atom stereocenters. The summed E-state index contributed by atoms with van der Waals surface area (Å²) in [4.78, 5) is 0. The highest BCUT2D eigenvalue weighted by Gasteiger charge is 2.19. The summed E-state index contributed by atoms with van der Waals surface area (Å²) in [5.74, 6) is 2.05. The lowest BCUT2D eigenvalue weighted by molar-refractivity contribution is 0.472. The summed E-state index contributed by atoms with van der Waals surface area (Å²) >= 11 is 0. The molecule has 0 heteroatoms. The molecule has 0 fully saturated rings. The Morgan fingerprint density at radius 3 is 1.65 bits per heavy atom. The first-order valence-corrected chi connectivity index (χ1v) is 7.09. The van der Waals surface area contributed by atoms with Crippen molar-refractivity contribution < 1.29 is 0 Å². The summed E-state index contributed by atoms with van der Waals surface area (Å²) in [6, 6.07) is 0. The first-order valence-electron chi connectivity index (χ1n) is 7.09. The van der Waals surface area contributed by atoms with Gasteiger partial charge in [0.1, 0.15) is 0 Å². The van der Waals surface area contributed by atoms with Crippen LogP contribution >= 0.6 is 0 Å². The fraction of sp³-hybridized carbons (Fsp3) is 0.765. The lowest BCUT2D eigenvalue weighted by atomic mass is 9.79. The molecule has 2 atom stereocenters. The van der Waals surface area contributed by atoms with E-state index in [0.717, 1.165) is 0 Å². The van der Waals surface area contributed by atoms with E-state index in [1.54, 1.807) is 11.1 Å². The van der Waals surface area contributed by atoms with Crippen molar-refractivity contribution in [3.63, 3.8) is 0 Å². The van der Waals surface area contributed by atoms with Gasteiger partial charge in [-0.1, -0.05) is 45.8 Å². The zero-order valence-corrected chi connectivity index (χ0v) is 13.4. The Balaban J connectivity index is 5.64. The van der Waals surface area contributed by atoms with Crippen LogP contribution in [0.5, 0.6) is 0 Å². The lowest BCUT2D eigenvalue weighted by Gasteiger charge is -2.26. The van der Waals surface area contributed by atoms with Gasteiger partial charge in [0.15, 0.2) is 0 Å². The molecular weight excluding hydrogens is 204 g/mol. The van der Waals surface area contributed by atoms with Crippen molar-refractivity contribution in [1.29, 1.82) is 0 Å². The average molecular weight is 236 g/mol. The first kappa shape index (κ1) is 16.5. The Morgan fingerprint density at radius 2 is 1.35 bits per heavy atom. The van der Waals surface area contributed by atoms with Gasteiger partial charge in [0.05, 0.1) is 0 Å². The zero-order valence-electron chi connectivity index (χ0n) is 13.4. The molecule has 0 amide bonds. The van der Waals surface area contributed by atoms with Crippen LogP contribution in [0, 0.1) is 17.8 Å². The molecule has 0 heterocycles. The third-order valence-electron chi connectivity index (χ3n) is 4.39. The maximum Gasteiger partial charge on any atom is -0.0165 e. The second-order valence-electron chi connectivity index (χ2n) is 6.06. The van der Waals surface area contributed by atoms with Gasteiger partial charge in [-0.3, -0.25) is 0 Å². The number of hydrogen-bond acceptors (Lipinski definition) is 0. The second kappa shape index (κ2) is 7.03. The molecule has 0 aliphatic carbocycles. The van der Waals surface area contributed by atoms with Gasteiger partial charge in [-0.15, -0.1) is 0 Å². The molecule has 0 spiro atoms. The van der Waals surface area contributed by atoms with Gasteiger partial charge in [0.25, 0.3) is 0 Å². The van der Waals surface area contributed by atoms with Crippen LogP contribution in [0.2, 0.25) is 0 Å². The van der Waals surface area contributed by atoms with Gasteiger partial charge in [0.2, 0.25) is 0 Å². The molecule has 0 saturated heterocycles. The van der Waals surface area contributed by atoms with E-state index < -0.39 is 0 Å². The van der Waals surface area contributed by atoms with E-state index in [-0.39, 0.29) is 0 Å². The molecule has 0 saturated carbocycles. The number of hydrogen-bond donors (Lipinski definition) is 0. The van der Waals surface area contributed by atoms with Crippen LogP contribution in [0.3, 0.4) is 0 Å². The van der Waals surface area contributed by atoms with E-state index in [2.05, 4.69) is 62.3 Å². The summed E-state index contributed by atoms with van der Waals surface area (Å²) in [6.07, 6.45) is 1.23. The molecular formula is C17H32. The fourth-order valence-electron chi connectivity index (χ4n) is 2.17. The van der Waals surface area contributed by atoms with Crippen molar-refractivity contribution in [2.24, 2.45) is 17.8 Å². The average Bonchev–Trinajstić information content (AvgIpc) is 2.27. The monoisotopic (exact) mass is 236 g/mol. The molecule has 0 aliphatic heterocycles. The molecule has 0 nitrogen and oxygen atoms in total. The van der Waals surface area contributed by atoms with Gasteiger partial charge >= 0.3 is 0 Å². The molecule has 0 aromatic heterocycles. The molecule has 0 rings (SSSR count). The van der Waals surface area contributed by atoms with Crippen molar-refractivity contribution >= 4 is 0 Å². The summed E-state index contributed by atoms with van der Waals surface area (Å²) in [5.41, 5.74) is 6.15. The maximum atomic E-state index is 2.37. The third kappa shape index (κ3) is 4.33. The quantitative estimate of drug-likeness (QED) is 0.514. The first-order chi connectivity index (χ1) is 7.73. The predicted molar refractivity (Wildman–Crippen MR) is 80.2 cm³/mol. The second-order valence-corrected chi connectivity index (χ2v) is 6.06. The molecule has 0 aromatic carbocycles. The lowest BCUT2D eigenvalue weighted by Crippen LogP contribution is -2.13. The Bertz CT molecular complexity index is 298. The SMILES string of the molecule is CCC(C)C(C)=C(C(C)=C(C)C)C(C)C(C)C. The van der Waals surface area contributed by atoms with Crippen LogP contribution in [0.4, 0.5) is 0 Å². The maximum absolute atomic E-state index is 2.37. The Kier molecular flexibility index (Phi) is 6.82. The summed E-state index contributed by atoms with van der Waals surface area (Å²) in [6.45, 7) is 20.7. The fourth-order valence-corrected chi connectivity index (χ4v) is 2.17. The van der Waals surface area contributed by atoms with Gasteiger partial charge in [-0.25, -0.2) is 0 Å². The van der Waals surface area contributed by atoms with Crippen LogP contribution < -0.4 is 0 Å². The highest BCUT2D eigenvalue weighted by Crippen LogP contribution is 2.33. The largest absolute Gasteiger partial charge is 0.0732 e. The van der Waals surface area contributed by atoms with Crippen LogP contribution in [0.25, 0.3) is 0 Å². The van der Waals surface area contributed by atoms with Gasteiger partial charge < -0.3 is 0 Å². The van der Waals surface area contributed by atoms with E-state index in [0.29, 0.717) is 17.8 Å². The van der Waals surface area contributed by atoms with Crippen molar-refractivity contribution in [2.45, 2.75) is 68.7 Å². The normalized spacial score (nSPS) is 16.6. The molecule has 0 N–H and O–H groups in total. The highest BCUT2D eigenvalue weighted by atomic mass is 14.2. The zero-order chi connectivity index (χ0) is 13.7. The van der Waals surface area contributed by atoms with Crippen molar-refractivity contribution in [3.05, 3.63) is 22.3 Å². The molecule has 0 bridgehead atoms. The molecule has 100 valence electrons. The third-order valence-corrected chi connectivity index (χ3v) is 4.39. The van der Waals surface area contributed by atoms with Crippen LogP contribution in [-0.4, -0.2) is 0 Å². The van der Waals surface area contributed by atoms with Crippen LogP contribution in [0.15, 0.2) is 22.3 Å². The molecule has 0 aromatic rings. The van der Waals surface area contributed by atoms with E-state index in [9.17, 15) is 0 Å². The Morgan fingerprint density at radius 1 is 0.882 bits per heavy atom. The summed E-state index contributed by atoms with van der Waals surface area (Å²) in [5, 5.41) is 0. The van der Waals surface area contributed by atoms with Gasteiger partial charge in [0, 0.05) is 0 Å². The van der Waals surface area contributed by atoms with Gasteiger partial charge in [-0.2, -0.15) is 0 Å². The topological polar surface area (TPSA) is 0 Å². The van der Waals surface area contributed by atoms with Crippen molar-refractivity contribution in [3.8, 4) is 0 Å².